The van der Waals surface area contributed by atoms with E-state index >= 15 is 0 Å². The van der Waals surface area contributed by atoms with Crippen LogP contribution in [0.25, 0.3) is 0 Å². The van der Waals surface area contributed by atoms with Crippen LogP contribution >= 0.6 is 0 Å². The Morgan fingerprint density at radius 3 is 2.43 bits per heavy atom. The number of hydrogen-bond acceptors (Lipinski definition) is 6. The van der Waals surface area contributed by atoms with Gasteiger partial charge in [-0.1, -0.05) is 30.3 Å². The number of hydrazone groups is 1. The molecule has 0 aromatic heterocycles. The molecule has 8 heteroatoms. The highest BCUT2D eigenvalue weighted by molar-refractivity contribution is 5.93. The van der Waals surface area contributed by atoms with E-state index in [1.54, 1.807) is 48.5 Å². The summed E-state index contributed by atoms with van der Waals surface area (Å²) in [5.74, 6) is 0.629. The Hall–Kier alpha value is -4.64. The Labute approximate surface area is 204 Å². The summed E-state index contributed by atoms with van der Waals surface area (Å²) in [6, 6.07) is 23.6. The van der Waals surface area contributed by atoms with E-state index in [-0.39, 0.29) is 31.3 Å². The number of carbonyl (C=O) groups is 2. The minimum atomic E-state index is -0.385. The lowest BCUT2D eigenvalue weighted by molar-refractivity contribution is -0.124. The second-order valence-electron chi connectivity index (χ2n) is 7.39. The lowest BCUT2D eigenvalue weighted by Gasteiger charge is -2.10. The molecule has 0 aliphatic heterocycles. The molecule has 178 valence electrons. The Balaban J connectivity index is 1.46. The maximum Gasteiger partial charge on any atom is 0.240 e. The fourth-order valence-corrected chi connectivity index (χ4v) is 3.11. The zero-order valence-electron chi connectivity index (χ0n) is 19.4. The molecule has 0 bridgehead atoms. The third-order valence-corrected chi connectivity index (χ3v) is 4.86. The van der Waals surface area contributed by atoms with Crippen molar-refractivity contribution < 1.29 is 19.1 Å². The number of anilines is 1. The highest BCUT2D eigenvalue weighted by atomic mass is 16.5. The van der Waals surface area contributed by atoms with Gasteiger partial charge in [0, 0.05) is 29.7 Å². The standard InChI is InChI=1S/C27H26N4O4/c1-2-34-24-13-11-23(12-14-24)30-26(32)15-16-27(33)31-29-18-21-8-5-6-10-25(21)35-19-22-9-4-3-7-20(22)17-28/h3-14,18H,2,15-16,19H2,1H3,(H,30,32)(H,31,33). The van der Waals surface area contributed by atoms with Crippen LogP contribution in [0.3, 0.4) is 0 Å². The van der Waals surface area contributed by atoms with Gasteiger partial charge in [0.2, 0.25) is 11.8 Å². The van der Waals surface area contributed by atoms with E-state index in [0.717, 1.165) is 11.3 Å². The number of rotatable bonds is 11. The zero-order chi connectivity index (χ0) is 24.9. The largest absolute Gasteiger partial charge is 0.494 e. The quantitative estimate of drug-likeness (QED) is 0.318. The number of nitrogens with zero attached hydrogens (tertiary/aromatic N) is 2. The van der Waals surface area contributed by atoms with E-state index in [1.165, 1.54) is 6.21 Å². The van der Waals surface area contributed by atoms with E-state index in [2.05, 4.69) is 21.9 Å². The highest BCUT2D eigenvalue weighted by Crippen LogP contribution is 2.19. The predicted molar refractivity (Wildman–Crippen MR) is 133 cm³/mol. The van der Waals surface area contributed by atoms with Crippen molar-refractivity contribution >= 4 is 23.7 Å². The first-order valence-corrected chi connectivity index (χ1v) is 11.1. The number of ether oxygens (including phenoxy) is 2. The van der Waals surface area contributed by atoms with Gasteiger partial charge < -0.3 is 14.8 Å². The van der Waals surface area contributed by atoms with Gasteiger partial charge in [-0.25, -0.2) is 5.43 Å². The Kier molecular flexibility index (Phi) is 9.40. The van der Waals surface area contributed by atoms with Gasteiger partial charge in [-0.05, 0) is 49.4 Å². The average molecular weight is 471 g/mol. The molecule has 35 heavy (non-hydrogen) atoms. The molecule has 0 aliphatic rings. The zero-order valence-corrected chi connectivity index (χ0v) is 19.4. The van der Waals surface area contributed by atoms with Crippen LogP contribution < -0.4 is 20.2 Å². The van der Waals surface area contributed by atoms with Crippen molar-refractivity contribution in [1.29, 1.82) is 5.26 Å². The van der Waals surface area contributed by atoms with Crippen LogP contribution in [-0.4, -0.2) is 24.6 Å². The lowest BCUT2D eigenvalue weighted by atomic mass is 10.1. The molecular weight excluding hydrogens is 444 g/mol. The number of carbonyl (C=O) groups excluding carboxylic acids is 2. The van der Waals surface area contributed by atoms with E-state index in [4.69, 9.17) is 9.47 Å². The first kappa shape index (κ1) is 25.0. The summed E-state index contributed by atoms with van der Waals surface area (Å²) in [5, 5.41) is 15.9. The van der Waals surface area contributed by atoms with Crippen LogP contribution in [0.1, 0.15) is 36.5 Å². The molecule has 0 saturated carbocycles. The fraction of sp³-hybridized carbons (Fsp3) is 0.185. The monoisotopic (exact) mass is 470 g/mol. The molecule has 0 heterocycles. The molecule has 0 unspecified atom stereocenters. The summed E-state index contributed by atoms with van der Waals surface area (Å²) in [4.78, 5) is 24.2. The fourth-order valence-electron chi connectivity index (χ4n) is 3.11. The first-order chi connectivity index (χ1) is 17.1. The van der Waals surface area contributed by atoms with E-state index in [0.29, 0.717) is 29.2 Å². The van der Waals surface area contributed by atoms with Crippen LogP contribution in [0, 0.1) is 11.3 Å². The van der Waals surface area contributed by atoms with Crippen molar-refractivity contribution in [2.24, 2.45) is 5.10 Å². The smallest absolute Gasteiger partial charge is 0.240 e. The normalized spacial score (nSPS) is 10.4. The van der Waals surface area contributed by atoms with Gasteiger partial charge in [-0.3, -0.25) is 9.59 Å². The van der Waals surface area contributed by atoms with Crippen molar-refractivity contribution in [3.8, 4) is 17.6 Å². The topological polar surface area (TPSA) is 113 Å². The van der Waals surface area contributed by atoms with Crippen LogP contribution in [0.5, 0.6) is 11.5 Å². The van der Waals surface area contributed by atoms with Crippen molar-refractivity contribution in [3.63, 3.8) is 0 Å². The summed E-state index contributed by atoms with van der Waals surface area (Å²) >= 11 is 0. The molecule has 3 aromatic carbocycles. The molecule has 0 aliphatic carbocycles. The van der Waals surface area contributed by atoms with Crippen molar-refractivity contribution in [3.05, 3.63) is 89.5 Å². The summed E-state index contributed by atoms with van der Waals surface area (Å²) in [6.45, 7) is 2.69. The third-order valence-electron chi connectivity index (χ3n) is 4.86. The molecule has 0 radical (unpaired) electrons. The summed E-state index contributed by atoms with van der Waals surface area (Å²) < 4.78 is 11.2. The highest BCUT2D eigenvalue weighted by Gasteiger charge is 2.08. The van der Waals surface area contributed by atoms with Gasteiger partial charge in [0.1, 0.15) is 18.1 Å². The lowest BCUT2D eigenvalue weighted by Crippen LogP contribution is -2.20. The van der Waals surface area contributed by atoms with Crippen LogP contribution in [0.2, 0.25) is 0 Å². The van der Waals surface area contributed by atoms with E-state index < -0.39 is 0 Å². The number of para-hydroxylation sites is 1. The van der Waals surface area contributed by atoms with Crippen molar-refractivity contribution in [2.45, 2.75) is 26.4 Å². The Bertz CT molecular complexity index is 1220. The van der Waals surface area contributed by atoms with Gasteiger partial charge in [0.15, 0.2) is 0 Å². The van der Waals surface area contributed by atoms with Gasteiger partial charge in [-0.2, -0.15) is 10.4 Å². The van der Waals surface area contributed by atoms with Crippen LogP contribution in [0.4, 0.5) is 5.69 Å². The second-order valence-corrected chi connectivity index (χ2v) is 7.39. The molecule has 8 nitrogen and oxygen atoms in total. The van der Waals surface area contributed by atoms with Gasteiger partial charge in [-0.15, -0.1) is 0 Å². The second kappa shape index (κ2) is 13.2. The average Bonchev–Trinajstić information content (AvgIpc) is 2.88. The number of amides is 2. The Morgan fingerprint density at radius 2 is 1.66 bits per heavy atom. The Morgan fingerprint density at radius 1 is 0.943 bits per heavy atom. The van der Waals surface area contributed by atoms with Crippen LogP contribution in [0.15, 0.2) is 77.9 Å². The van der Waals surface area contributed by atoms with Gasteiger partial charge in [0.05, 0.1) is 24.5 Å². The molecule has 3 rings (SSSR count). The summed E-state index contributed by atoms with van der Waals surface area (Å²) in [5.41, 5.74) is 5.05. The van der Waals surface area contributed by atoms with Gasteiger partial charge in [0.25, 0.3) is 0 Å². The summed E-state index contributed by atoms with van der Waals surface area (Å²) in [6.07, 6.45) is 1.49. The molecule has 0 atom stereocenters. The SMILES string of the molecule is CCOc1ccc(NC(=O)CCC(=O)NN=Cc2ccccc2OCc2ccccc2C#N)cc1. The molecule has 2 N–H and O–H groups in total. The maximum atomic E-state index is 12.1. The molecular formula is C27H26N4O4. The first-order valence-electron chi connectivity index (χ1n) is 11.1. The molecule has 3 aromatic rings. The maximum absolute atomic E-state index is 12.1. The molecule has 0 spiro atoms. The van der Waals surface area contributed by atoms with Crippen LogP contribution in [-0.2, 0) is 16.2 Å². The van der Waals surface area contributed by atoms with E-state index in [1.807, 2.05) is 31.2 Å². The predicted octanol–water partition coefficient (Wildman–Crippen LogP) is 4.40. The number of nitriles is 1. The molecule has 0 fully saturated rings. The summed E-state index contributed by atoms with van der Waals surface area (Å²) in [7, 11) is 0. The third kappa shape index (κ3) is 8.02. The number of nitrogens with one attached hydrogen (secondary N) is 2. The minimum Gasteiger partial charge on any atom is -0.494 e. The number of benzene rings is 3. The number of hydrogen-bond donors (Lipinski definition) is 2. The molecule has 0 saturated heterocycles. The van der Waals surface area contributed by atoms with Crippen molar-refractivity contribution in [2.75, 3.05) is 11.9 Å². The molecule has 2 amide bonds. The van der Waals surface area contributed by atoms with E-state index in [9.17, 15) is 14.9 Å². The van der Waals surface area contributed by atoms with Gasteiger partial charge >= 0.3 is 0 Å². The van der Waals surface area contributed by atoms with Crippen molar-refractivity contribution in [1.82, 2.24) is 5.43 Å². The minimum absolute atomic E-state index is 0.0106.